The van der Waals surface area contributed by atoms with Gasteiger partial charge in [-0.05, 0) is 43.7 Å². The zero-order valence-electron chi connectivity index (χ0n) is 27.1. The number of anilines is 2. The van der Waals surface area contributed by atoms with Crippen molar-refractivity contribution in [2.75, 3.05) is 44.6 Å². The molecule has 1 fully saturated rings. The van der Waals surface area contributed by atoms with Crippen LogP contribution in [0.1, 0.15) is 37.7 Å². The van der Waals surface area contributed by atoms with Gasteiger partial charge in [0.05, 0.1) is 18.3 Å². The highest BCUT2D eigenvalue weighted by atomic mass is 19.1. The summed E-state index contributed by atoms with van der Waals surface area (Å²) in [6, 6.07) is 6.34. The number of hydrogen-bond donors (Lipinski definition) is 4. The molecular formula is C33H38F2N8O6. The molecule has 5 heterocycles. The number of nitrogens with zero attached hydrogens (tertiary/aromatic N) is 7. The molecule has 0 spiro atoms. The standard InChI is InChI=1S/C33H38F2N8O6/c1-3-41-6-8-42(9-7-41)16-19-4-5-25(36-14-19)38-33-37-15-23(35)27(40-33)21-12-22(34)28-24(13-21)43-18(2)10-20(11-26(43)39-28)17-49-32(48)30(45)29(44)31(46)47/h4-5,12-15,18,20,29-30,44-45H,3,6-11,16-17H2,1-2H3,(H,46,47)(H,36,37,38,40)/t18-,20?,29-,30-/m1/s1. The number of aliphatic hydroxyl groups is 2. The number of piperazine rings is 1. The number of carboxylic acids is 1. The van der Waals surface area contributed by atoms with Crippen molar-refractivity contribution in [3.63, 3.8) is 0 Å². The quantitative estimate of drug-likeness (QED) is 0.170. The zero-order valence-corrected chi connectivity index (χ0v) is 27.1. The van der Waals surface area contributed by atoms with E-state index in [1.54, 1.807) is 12.3 Å². The molecule has 16 heteroatoms. The van der Waals surface area contributed by atoms with Gasteiger partial charge in [-0.15, -0.1) is 0 Å². The maximum Gasteiger partial charge on any atom is 0.338 e. The lowest BCUT2D eigenvalue weighted by molar-refractivity contribution is -0.170. The molecule has 3 aromatic heterocycles. The van der Waals surface area contributed by atoms with Crippen LogP contribution in [0.5, 0.6) is 0 Å². The van der Waals surface area contributed by atoms with E-state index in [-0.39, 0.29) is 47.7 Å². The van der Waals surface area contributed by atoms with Crippen LogP contribution in [0, 0.1) is 17.6 Å². The first-order valence-electron chi connectivity index (χ1n) is 16.2. The average molecular weight is 681 g/mol. The average Bonchev–Trinajstić information content (AvgIpc) is 3.48. The van der Waals surface area contributed by atoms with Crippen molar-refractivity contribution in [1.29, 1.82) is 0 Å². The van der Waals surface area contributed by atoms with Crippen molar-refractivity contribution in [1.82, 2.24) is 34.3 Å². The van der Waals surface area contributed by atoms with E-state index < -0.39 is 35.8 Å². The van der Waals surface area contributed by atoms with E-state index in [9.17, 15) is 19.8 Å². The number of pyridine rings is 1. The Morgan fingerprint density at radius 1 is 1.02 bits per heavy atom. The third kappa shape index (κ3) is 7.51. The Morgan fingerprint density at radius 3 is 2.47 bits per heavy atom. The first kappa shape index (κ1) is 34.2. The number of likely N-dealkylation sites (N-methyl/N-ethyl adjacent to an activating group) is 1. The fourth-order valence-corrected chi connectivity index (χ4v) is 6.44. The summed E-state index contributed by atoms with van der Waals surface area (Å²) in [6.07, 6.45) is -0.969. The Kier molecular flexibility index (Phi) is 10.1. The van der Waals surface area contributed by atoms with Crippen molar-refractivity contribution in [3.8, 4) is 11.3 Å². The number of aliphatic carboxylic acids is 1. The van der Waals surface area contributed by atoms with E-state index in [1.807, 2.05) is 23.6 Å². The van der Waals surface area contributed by atoms with Crippen molar-refractivity contribution < 1.29 is 38.4 Å². The second-order valence-corrected chi connectivity index (χ2v) is 12.5. The van der Waals surface area contributed by atoms with Crippen LogP contribution >= 0.6 is 0 Å². The number of benzene rings is 1. The summed E-state index contributed by atoms with van der Waals surface area (Å²) in [5.74, 6) is -3.61. The second-order valence-electron chi connectivity index (χ2n) is 12.5. The van der Waals surface area contributed by atoms with E-state index in [4.69, 9.17) is 9.84 Å². The van der Waals surface area contributed by atoms with Gasteiger partial charge in [-0.1, -0.05) is 13.0 Å². The van der Waals surface area contributed by atoms with E-state index in [0.717, 1.165) is 51.0 Å². The predicted molar refractivity (Wildman–Crippen MR) is 173 cm³/mol. The molecule has 6 rings (SSSR count). The van der Waals surface area contributed by atoms with Gasteiger partial charge in [0.25, 0.3) is 0 Å². The Labute approximate surface area is 280 Å². The topological polar surface area (TPSA) is 179 Å². The van der Waals surface area contributed by atoms with Gasteiger partial charge in [-0.2, -0.15) is 0 Å². The van der Waals surface area contributed by atoms with Crippen molar-refractivity contribution >= 4 is 34.7 Å². The van der Waals surface area contributed by atoms with Crippen LogP contribution in [0.25, 0.3) is 22.3 Å². The molecule has 1 saturated heterocycles. The largest absolute Gasteiger partial charge is 0.479 e. The smallest absolute Gasteiger partial charge is 0.338 e. The van der Waals surface area contributed by atoms with Gasteiger partial charge in [0.15, 0.2) is 23.8 Å². The molecule has 260 valence electrons. The van der Waals surface area contributed by atoms with Crippen LogP contribution in [0.2, 0.25) is 0 Å². The molecule has 4 atom stereocenters. The number of esters is 1. The molecule has 14 nitrogen and oxygen atoms in total. The Bertz CT molecular complexity index is 1830. The number of imidazole rings is 1. The minimum atomic E-state index is -2.31. The number of fused-ring (bicyclic) bond motifs is 3. The molecule has 49 heavy (non-hydrogen) atoms. The van der Waals surface area contributed by atoms with Gasteiger partial charge in [0, 0.05) is 62.9 Å². The van der Waals surface area contributed by atoms with Crippen molar-refractivity contribution in [3.05, 3.63) is 59.7 Å². The third-order valence-corrected chi connectivity index (χ3v) is 9.06. The summed E-state index contributed by atoms with van der Waals surface area (Å²) >= 11 is 0. The fourth-order valence-electron chi connectivity index (χ4n) is 6.44. The summed E-state index contributed by atoms with van der Waals surface area (Å²) in [5, 5.41) is 30.9. The highest BCUT2D eigenvalue weighted by Crippen LogP contribution is 2.36. The summed E-state index contributed by atoms with van der Waals surface area (Å²) < 4.78 is 37.5. The molecule has 2 aliphatic rings. The molecule has 4 aromatic rings. The first-order chi connectivity index (χ1) is 23.5. The Hall–Kier alpha value is -4.64. The SMILES string of the molecule is CCN1CCN(Cc2ccc(Nc3ncc(F)c(-c4cc(F)c5nc6n(c5c4)[C@H](C)CC(COC(=O)[C@H](O)[C@@H](O)C(=O)O)C6)n3)nc2)CC1. The summed E-state index contributed by atoms with van der Waals surface area (Å²) in [7, 11) is 0. The molecule has 0 saturated carbocycles. The van der Waals surface area contributed by atoms with Crippen molar-refractivity contribution in [2.45, 2.75) is 51.5 Å². The molecule has 0 aliphatic carbocycles. The van der Waals surface area contributed by atoms with Gasteiger partial charge in [0.2, 0.25) is 5.95 Å². The number of carbonyl (C=O) groups excluding carboxylic acids is 1. The number of rotatable bonds is 11. The highest BCUT2D eigenvalue weighted by molar-refractivity contribution is 5.84. The minimum absolute atomic E-state index is 0.0904. The number of carboxylic acid groups (broad SMARTS) is 1. The normalized spacial score (nSPS) is 19.7. The minimum Gasteiger partial charge on any atom is -0.479 e. The molecule has 1 unspecified atom stereocenters. The van der Waals surface area contributed by atoms with Crippen LogP contribution in [0.3, 0.4) is 0 Å². The number of ether oxygens (including phenoxy) is 1. The second kappa shape index (κ2) is 14.5. The monoisotopic (exact) mass is 680 g/mol. The third-order valence-electron chi connectivity index (χ3n) is 9.06. The molecule has 1 aromatic carbocycles. The predicted octanol–water partition coefficient (Wildman–Crippen LogP) is 2.52. The van der Waals surface area contributed by atoms with Crippen LogP contribution in [-0.4, -0.2) is 113 Å². The Morgan fingerprint density at radius 2 is 1.78 bits per heavy atom. The number of aliphatic hydroxyl groups excluding tert-OH is 2. The van der Waals surface area contributed by atoms with Gasteiger partial charge in [0.1, 0.15) is 22.9 Å². The number of hydrogen-bond acceptors (Lipinski definition) is 12. The maximum absolute atomic E-state index is 15.5. The molecule has 0 radical (unpaired) electrons. The first-order valence-corrected chi connectivity index (χ1v) is 16.2. The highest BCUT2D eigenvalue weighted by Gasteiger charge is 2.34. The lowest BCUT2D eigenvalue weighted by Crippen LogP contribution is -2.45. The molecule has 0 bridgehead atoms. The van der Waals surface area contributed by atoms with Gasteiger partial charge in [-0.25, -0.2) is 38.3 Å². The van der Waals surface area contributed by atoms with Gasteiger partial charge >= 0.3 is 11.9 Å². The molecular weight excluding hydrogens is 642 g/mol. The number of aromatic nitrogens is 5. The van der Waals surface area contributed by atoms with Crippen LogP contribution in [0.15, 0.2) is 36.7 Å². The fraction of sp³-hybridized carbons (Fsp3) is 0.455. The number of halogens is 2. The molecule has 4 N–H and O–H groups in total. The summed E-state index contributed by atoms with van der Waals surface area (Å²) in [4.78, 5) is 45.1. The maximum atomic E-state index is 15.5. The lowest BCUT2D eigenvalue weighted by Gasteiger charge is -2.33. The van der Waals surface area contributed by atoms with E-state index in [1.165, 1.54) is 6.07 Å². The lowest BCUT2D eigenvalue weighted by atomic mass is 9.93. The number of nitrogens with one attached hydrogen (secondary N) is 1. The van der Waals surface area contributed by atoms with E-state index >= 15 is 8.78 Å². The van der Waals surface area contributed by atoms with Crippen LogP contribution < -0.4 is 5.32 Å². The van der Waals surface area contributed by atoms with E-state index in [2.05, 4.69) is 42.0 Å². The van der Waals surface area contributed by atoms with Gasteiger partial charge in [-0.3, -0.25) is 4.90 Å². The molecule has 2 aliphatic heterocycles. The van der Waals surface area contributed by atoms with Crippen LogP contribution in [-0.2, 0) is 27.3 Å². The summed E-state index contributed by atoms with van der Waals surface area (Å²) in [6.45, 7) is 9.83. The summed E-state index contributed by atoms with van der Waals surface area (Å²) in [5.41, 5.74) is 1.69. The Balaban J connectivity index is 1.16. The van der Waals surface area contributed by atoms with Crippen LogP contribution in [0.4, 0.5) is 20.5 Å². The van der Waals surface area contributed by atoms with E-state index in [0.29, 0.717) is 23.6 Å². The zero-order chi connectivity index (χ0) is 34.8. The van der Waals surface area contributed by atoms with Gasteiger partial charge < -0.3 is 34.8 Å². The molecule has 0 amide bonds. The number of carbonyl (C=O) groups is 2. The van der Waals surface area contributed by atoms with Crippen molar-refractivity contribution in [2.24, 2.45) is 5.92 Å².